The van der Waals surface area contributed by atoms with Gasteiger partial charge in [0.15, 0.2) is 0 Å². The SMILES string of the molecule is Clc1cccc2c1COC1CNC(Br)C21. The van der Waals surface area contributed by atoms with Crippen LogP contribution < -0.4 is 5.32 Å². The van der Waals surface area contributed by atoms with E-state index in [1.54, 1.807) is 0 Å². The van der Waals surface area contributed by atoms with Gasteiger partial charge in [0, 0.05) is 23.0 Å². The number of halogens is 2. The molecule has 0 radical (unpaired) electrons. The van der Waals surface area contributed by atoms with Crippen molar-refractivity contribution in [2.24, 2.45) is 0 Å². The Labute approximate surface area is 102 Å². The fraction of sp³-hybridized carbons (Fsp3) is 0.455. The first-order valence-corrected chi connectivity index (χ1v) is 6.33. The third-order valence-corrected chi connectivity index (χ3v) is 4.43. The van der Waals surface area contributed by atoms with Crippen LogP contribution in [0, 0.1) is 0 Å². The van der Waals surface area contributed by atoms with Gasteiger partial charge in [-0.3, -0.25) is 0 Å². The lowest BCUT2D eigenvalue weighted by molar-refractivity contribution is 0.0293. The second-order valence-corrected chi connectivity index (χ2v) is 5.39. The number of rotatable bonds is 0. The molecule has 1 aromatic rings. The number of alkyl halides is 1. The lowest BCUT2D eigenvalue weighted by Crippen LogP contribution is -2.28. The van der Waals surface area contributed by atoms with Gasteiger partial charge in [-0.1, -0.05) is 39.7 Å². The normalized spacial score (nSPS) is 33.6. The molecule has 1 N–H and O–H groups in total. The van der Waals surface area contributed by atoms with Gasteiger partial charge in [0.05, 0.1) is 17.7 Å². The molecular weight excluding hydrogens is 277 g/mol. The second-order valence-electron chi connectivity index (χ2n) is 3.99. The van der Waals surface area contributed by atoms with Crippen molar-refractivity contribution in [1.29, 1.82) is 0 Å². The maximum Gasteiger partial charge on any atom is 0.0796 e. The maximum absolute atomic E-state index is 6.16. The van der Waals surface area contributed by atoms with Crippen molar-refractivity contribution in [3.05, 3.63) is 34.3 Å². The molecule has 0 bridgehead atoms. The minimum absolute atomic E-state index is 0.278. The van der Waals surface area contributed by atoms with Gasteiger partial charge >= 0.3 is 0 Å². The van der Waals surface area contributed by atoms with Crippen molar-refractivity contribution in [1.82, 2.24) is 5.32 Å². The van der Waals surface area contributed by atoms with Crippen LogP contribution in [0.2, 0.25) is 5.02 Å². The van der Waals surface area contributed by atoms with Gasteiger partial charge in [0.25, 0.3) is 0 Å². The van der Waals surface area contributed by atoms with Gasteiger partial charge < -0.3 is 10.1 Å². The lowest BCUT2D eigenvalue weighted by Gasteiger charge is -2.29. The first-order chi connectivity index (χ1) is 7.27. The molecule has 0 aromatic heterocycles. The molecule has 3 atom stereocenters. The summed E-state index contributed by atoms with van der Waals surface area (Å²) in [6.45, 7) is 1.55. The zero-order valence-corrected chi connectivity index (χ0v) is 10.4. The van der Waals surface area contributed by atoms with Crippen molar-refractivity contribution in [2.45, 2.75) is 23.6 Å². The number of fused-ring (bicyclic) bond motifs is 3. The van der Waals surface area contributed by atoms with Crippen LogP contribution in [0.25, 0.3) is 0 Å². The Morgan fingerprint density at radius 1 is 1.47 bits per heavy atom. The summed E-state index contributed by atoms with van der Waals surface area (Å²) in [7, 11) is 0. The van der Waals surface area contributed by atoms with Crippen molar-refractivity contribution in [2.75, 3.05) is 6.54 Å². The standard InChI is InChI=1S/C11H11BrClNO/c12-11-10-6-2-1-3-8(13)7(6)5-15-9(10)4-14-11/h1-3,9-11,14H,4-5H2. The third kappa shape index (κ3) is 1.53. The molecule has 4 heteroatoms. The van der Waals surface area contributed by atoms with E-state index in [1.165, 1.54) is 5.56 Å². The quantitative estimate of drug-likeness (QED) is 0.585. The number of hydrogen-bond donors (Lipinski definition) is 1. The van der Waals surface area contributed by atoms with Crippen LogP contribution in [0.4, 0.5) is 0 Å². The fourth-order valence-electron chi connectivity index (χ4n) is 2.42. The molecule has 80 valence electrons. The minimum atomic E-state index is 0.278. The molecule has 3 rings (SSSR count). The van der Waals surface area contributed by atoms with Gasteiger partial charge in [-0.05, 0) is 11.6 Å². The molecule has 1 aromatic carbocycles. The molecule has 0 amide bonds. The molecule has 2 aliphatic rings. The zero-order chi connectivity index (χ0) is 10.4. The average Bonchev–Trinajstić information content (AvgIpc) is 2.61. The van der Waals surface area contributed by atoms with Gasteiger partial charge in [-0.25, -0.2) is 0 Å². The molecule has 15 heavy (non-hydrogen) atoms. The largest absolute Gasteiger partial charge is 0.371 e. The van der Waals surface area contributed by atoms with Crippen LogP contribution >= 0.6 is 27.5 Å². The van der Waals surface area contributed by atoms with Crippen molar-refractivity contribution in [3.63, 3.8) is 0 Å². The van der Waals surface area contributed by atoms with Crippen LogP contribution in [-0.4, -0.2) is 17.6 Å². The van der Waals surface area contributed by atoms with E-state index >= 15 is 0 Å². The van der Waals surface area contributed by atoms with E-state index in [4.69, 9.17) is 16.3 Å². The Morgan fingerprint density at radius 2 is 2.33 bits per heavy atom. The molecule has 0 aliphatic carbocycles. The van der Waals surface area contributed by atoms with Crippen molar-refractivity contribution in [3.8, 4) is 0 Å². The molecule has 3 unspecified atom stereocenters. The van der Waals surface area contributed by atoms with E-state index in [-0.39, 0.29) is 6.10 Å². The van der Waals surface area contributed by atoms with Crippen LogP contribution in [-0.2, 0) is 11.3 Å². The zero-order valence-electron chi connectivity index (χ0n) is 8.04. The summed E-state index contributed by atoms with van der Waals surface area (Å²) in [6, 6.07) is 6.10. The van der Waals surface area contributed by atoms with Gasteiger partial charge in [-0.2, -0.15) is 0 Å². The number of nitrogens with one attached hydrogen (secondary N) is 1. The predicted molar refractivity (Wildman–Crippen MR) is 63.5 cm³/mol. The highest BCUT2D eigenvalue weighted by Crippen LogP contribution is 2.41. The summed E-state index contributed by atoms with van der Waals surface area (Å²) < 4.78 is 5.80. The molecule has 1 fully saturated rings. The van der Waals surface area contributed by atoms with E-state index in [1.807, 2.05) is 12.1 Å². The van der Waals surface area contributed by atoms with E-state index in [0.717, 1.165) is 17.1 Å². The van der Waals surface area contributed by atoms with E-state index in [0.29, 0.717) is 17.5 Å². The Morgan fingerprint density at radius 3 is 3.20 bits per heavy atom. The molecule has 1 saturated heterocycles. The van der Waals surface area contributed by atoms with Crippen molar-refractivity contribution >= 4 is 27.5 Å². The van der Waals surface area contributed by atoms with E-state index < -0.39 is 0 Å². The molecule has 2 aliphatic heterocycles. The van der Waals surface area contributed by atoms with Crippen LogP contribution in [0.15, 0.2) is 18.2 Å². The smallest absolute Gasteiger partial charge is 0.0796 e. The summed E-state index contributed by atoms with van der Waals surface area (Å²) in [6.07, 6.45) is 0.278. The Kier molecular flexibility index (Phi) is 2.51. The third-order valence-electron chi connectivity index (χ3n) is 3.19. The highest BCUT2D eigenvalue weighted by Gasteiger charge is 2.40. The number of ether oxygens (including phenoxy) is 1. The minimum Gasteiger partial charge on any atom is -0.371 e. The predicted octanol–water partition coefficient (Wildman–Crippen LogP) is 2.65. The number of benzene rings is 1. The first-order valence-electron chi connectivity index (χ1n) is 5.03. The molecule has 2 nitrogen and oxygen atoms in total. The Hall–Kier alpha value is -0.0900. The molecule has 0 saturated carbocycles. The van der Waals surface area contributed by atoms with Crippen LogP contribution in [0.5, 0.6) is 0 Å². The summed E-state index contributed by atoms with van der Waals surface area (Å²) in [5.41, 5.74) is 2.47. The Balaban J connectivity index is 2.10. The van der Waals surface area contributed by atoms with Gasteiger partial charge in [-0.15, -0.1) is 0 Å². The molecular formula is C11H11BrClNO. The summed E-state index contributed by atoms with van der Waals surface area (Å²) in [5, 5.41) is 4.19. The monoisotopic (exact) mass is 287 g/mol. The average molecular weight is 289 g/mol. The number of hydrogen-bond acceptors (Lipinski definition) is 2. The van der Waals surface area contributed by atoms with E-state index in [9.17, 15) is 0 Å². The van der Waals surface area contributed by atoms with Crippen molar-refractivity contribution < 1.29 is 4.74 Å². The van der Waals surface area contributed by atoms with E-state index in [2.05, 4.69) is 27.3 Å². The Bertz CT molecular complexity index is 398. The second kappa shape index (κ2) is 3.74. The highest BCUT2D eigenvalue weighted by atomic mass is 79.9. The fourth-order valence-corrected chi connectivity index (χ4v) is 3.47. The van der Waals surface area contributed by atoms with Crippen LogP contribution in [0.3, 0.4) is 0 Å². The summed E-state index contributed by atoms with van der Waals surface area (Å²) in [5.74, 6) is 0.382. The lowest BCUT2D eigenvalue weighted by atomic mass is 9.90. The molecule has 2 heterocycles. The van der Waals surface area contributed by atoms with Crippen LogP contribution in [0.1, 0.15) is 17.0 Å². The summed E-state index contributed by atoms with van der Waals surface area (Å²) >= 11 is 9.80. The highest BCUT2D eigenvalue weighted by molar-refractivity contribution is 9.09. The van der Waals surface area contributed by atoms with Gasteiger partial charge in [0.1, 0.15) is 0 Å². The maximum atomic E-state index is 6.16. The summed E-state index contributed by atoms with van der Waals surface area (Å²) in [4.78, 5) is 0.292. The van der Waals surface area contributed by atoms with Gasteiger partial charge in [0.2, 0.25) is 0 Å². The molecule has 0 spiro atoms. The topological polar surface area (TPSA) is 21.3 Å². The first kappa shape index (κ1) is 10.1.